The van der Waals surface area contributed by atoms with E-state index >= 15 is 0 Å². The quantitative estimate of drug-likeness (QED) is 0.0323. The maximum Gasteiger partial charge on any atom is 1.00 e. The molecule has 1 heterocycles. The molecule has 6 amide bonds. The molecule has 1 aliphatic rings. The van der Waals surface area contributed by atoms with Crippen molar-refractivity contribution in [3.8, 4) is 0 Å². The number of benzene rings is 2. The van der Waals surface area contributed by atoms with Gasteiger partial charge in [-0.2, -0.15) is 0 Å². The van der Waals surface area contributed by atoms with Crippen molar-refractivity contribution in [3.05, 3.63) is 71.8 Å². The Bertz CT molecular complexity index is 2120. The number of nitrogens with one attached hydrogen (secondary N) is 4. The number of carboxylic acids is 1. The second kappa shape index (κ2) is 27.7. The molecule has 342 valence electrons. The first-order chi connectivity index (χ1) is 29.0. The van der Waals surface area contributed by atoms with Crippen molar-refractivity contribution in [2.24, 2.45) is 11.7 Å². The molecule has 0 aliphatic carbocycles. The minimum Gasteiger partial charge on any atom is -0.726 e. The number of likely N-dealkylation sites (tertiary alicyclic amines) is 1. The number of carbonyl (C=O) groups excluding carboxylic acids is 6. The number of nitrogens with zero attached hydrogens (tertiary/aromatic N) is 1. The van der Waals surface area contributed by atoms with Crippen LogP contribution < -0.4 is 86.1 Å². The second-order valence-corrected chi connectivity index (χ2v) is 16.6. The van der Waals surface area contributed by atoms with Gasteiger partial charge in [-0.3, -0.25) is 37.1 Å². The van der Waals surface area contributed by atoms with Crippen LogP contribution in [-0.4, -0.2) is 134 Å². The first-order valence-electron chi connectivity index (χ1n) is 19.0. The van der Waals surface area contributed by atoms with Crippen LogP contribution in [0.1, 0.15) is 50.7 Å². The Morgan fingerprint density at radius 1 is 0.766 bits per heavy atom. The summed E-state index contributed by atoms with van der Waals surface area (Å²) in [5.41, 5.74) is 6.50. The third kappa shape index (κ3) is 21.5. The summed E-state index contributed by atoms with van der Waals surface area (Å²) in [7, 11) is -10.9. The summed E-state index contributed by atoms with van der Waals surface area (Å²) in [6, 6.07) is 9.97. The van der Waals surface area contributed by atoms with Crippen LogP contribution in [-0.2, 0) is 75.5 Å². The third-order valence-corrected chi connectivity index (χ3v) is 9.99. The van der Waals surface area contributed by atoms with E-state index in [1.54, 1.807) is 74.5 Å². The fourth-order valence-electron chi connectivity index (χ4n) is 6.31. The van der Waals surface area contributed by atoms with E-state index in [1.807, 2.05) is 0 Å². The summed E-state index contributed by atoms with van der Waals surface area (Å²) in [6.45, 7) is 1.03. The van der Waals surface area contributed by atoms with Gasteiger partial charge >= 0.3 is 71.2 Å². The summed E-state index contributed by atoms with van der Waals surface area (Å²) >= 11 is 0. The van der Waals surface area contributed by atoms with Crippen LogP contribution >= 0.6 is 0 Å². The first-order valence-corrected chi connectivity index (χ1v) is 21.7. The van der Waals surface area contributed by atoms with Crippen molar-refractivity contribution in [2.45, 2.75) is 88.7 Å². The zero-order chi connectivity index (χ0) is 46.2. The molecule has 1 fully saturated rings. The van der Waals surface area contributed by atoms with Gasteiger partial charge in [0.05, 0.1) is 13.0 Å². The number of primary amides is 1. The predicted octanol–water partition coefficient (Wildman–Crippen LogP) is -7.65. The Morgan fingerprint density at radius 3 is 1.75 bits per heavy atom. The number of amides is 6. The average Bonchev–Trinajstić information content (AvgIpc) is 3.68. The number of hydrogen-bond donors (Lipinski definition) is 6. The Labute approximate surface area is 414 Å². The van der Waals surface area contributed by atoms with Gasteiger partial charge in [-0.1, -0.05) is 74.5 Å². The van der Waals surface area contributed by atoms with Crippen molar-refractivity contribution < 1.29 is 137 Å². The molecule has 1 aliphatic heterocycles. The van der Waals surface area contributed by atoms with Crippen molar-refractivity contribution in [1.82, 2.24) is 26.2 Å². The number of carbonyl (C=O) groups is 7. The summed E-state index contributed by atoms with van der Waals surface area (Å²) < 4.78 is 78.6. The minimum absolute atomic E-state index is 0. The topological polar surface area (TPSA) is 359 Å². The van der Waals surface area contributed by atoms with E-state index < -0.39 is 118 Å². The smallest absolute Gasteiger partial charge is 0.726 e. The molecule has 2 aromatic rings. The van der Waals surface area contributed by atoms with E-state index in [2.05, 4.69) is 29.6 Å². The first kappa shape index (κ1) is 58.3. The molecular formula is C37H48N6Na2O17S2. The molecule has 0 aromatic heterocycles. The van der Waals surface area contributed by atoms with E-state index in [-0.39, 0.29) is 97.3 Å². The molecule has 27 heteroatoms. The molecular weight excluding hydrogens is 911 g/mol. The molecule has 6 atom stereocenters. The van der Waals surface area contributed by atoms with Crippen molar-refractivity contribution in [1.29, 1.82) is 0 Å². The molecule has 64 heavy (non-hydrogen) atoms. The maximum absolute atomic E-state index is 14.1. The molecule has 23 nitrogen and oxygen atoms in total. The van der Waals surface area contributed by atoms with Crippen LogP contribution in [0.5, 0.6) is 0 Å². The largest absolute Gasteiger partial charge is 1.00 e. The van der Waals surface area contributed by atoms with Crippen LogP contribution in [0.2, 0.25) is 0 Å². The van der Waals surface area contributed by atoms with Gasteiger partial charge in [0.1, 0.15) is 42.9 Å². The van der Waals surface area contributed by atoms with Crippen LogP contribution in [0.25, 0.3) is 0 Å². The average molecular weight is 959 g/mol. The van der Waals surface area contributed by atoms with Gasteiger partial charge in [-0.15, -0.1) is 0 Å². The summed E-state index contributed by atoms with van der Waals surface area (Å²) in [5, 5.41) is 19.1. The molecule has 3 rings (SSSR count). The van der Waals surface area contributed by atoms with Gasteiger partial charge in [0.15, 0.2) is 0 Å². The molecule has 2 aromatic carbocycles. The maximum atomic E-state index is 14.1. The van der Waals surface area contributed by atoms with Crippen LogP contribution in [0.3, 0.4) is 0 Å². The number of alkyl carbamates (subject to hydrolysis) is 1. The van der Waals surface area contributed by atoms with E-state index in [4.69, 9.17) is 10.5 Å². The van der Waals surface area contributed by atoms with Gasteiger partial charge in [0.2, 0.25) is 50.3 Å². The number of carboxylic acid groups (broad SMARTS) is 1. The fourth-order valence-corrected chi connectivity index (χ4v) is 7.07. The number of aliphatic carboxylic acids is 1. The Balaban J connectivity index is 0.0000102. The van der Waals surface area contributed by atoms with E-state index in [0.717, 1.165) is 0 Å². The zero-order valence-corrected chi connectivity index (χ0v) is 41.1. The number of rotatable bonds is 24. The number of ether oxygens (including phenoxy) is 1. The normalized spacial score (nSPS) is 16.0. The summed E-state index contributed by atoms with van der Waals surface area (Å²) in [6.07, 6.45) is -4.05. The van der Waals surface area contributed by atoms with E-state index in [1.165, 1.54) is 4.90 Å². The number of nitrogens with two attached hydrogens (primary N) is 1. The third-order valence-electron chi connectivity index (χ3n) is 9.06. The van der Waals surface area contributed by atoms with Gasteiger partial charge in [-0.25, -0.2) is 21.6 Å². The molecule has 0 unspecified atom stereocenters. The Morgan fingerprint density at radius 2 is 1.28 bits per heavy atom. The van der Waals surface area contributed by atoms with Crippen LogP contribution in [0, 0.1) is 5.92 Å². The van der Waals surface area contributed by atoms with Gasteiger partial charge in [-0.05, 0) is 36.3 Å². The molecule has 7 N–H and O–H groups in total. The molecule has 1 saturated heterocycles. The predicted molar refractivity (Wildman–Crippen MR) is 210 cm³/mol. The zero-order valence-electron chi connectivity index (χ0n) is 35.5. The van der Waals surface area contributed by atoms with Crippen molar-refractivity contribution in [3.63, 3.8) is 0 Å². The van der Waals surface area contributed by atoms with Crippen LogP contribution in [0.15, 0.2) is 60.7 Å². The Kier molecular flexibility index (Phi) is 25.2. The molecule has 0 spiro atoms. The minimum atomic E-state index is -5.50. The van der Waals surface area contributed by atoms with Crippen molar-refractivity contribution in [2.75, 3.05) is 19.8 Å². The van der Waals surface area contributed by atoms with Gasteiger partial charge < -0.3 is 50.8 Å². The number of hydrogen-bond acceptors (Lipinski definition) is 16. The van der Waals surface area contributed by atoms with E-state index in [9.17, 15) is 64.6 Å². The second-order valence-electron chi connectivity index (χ2n) is 14.5. The SMILES string of the molecule is CC(C)C[C@H](NC(=O)OC[C@@H](COS(=O)(=O)[O-])OS(=O)(=O)[O-])C(=O)N1CCC[C@H]1C(=O)N[C@@H](Cc1ccccc1)C(=O)N[C@@H](Cc1ccccc1)C(=O)N[C@@H](CC(=O)O)C(N)=O.[Na+].[Na+]. The molecule has 0 bridgehead atoms. The summed E-state index contributed by atoms with van der Waals surface area (Å²) in [4.78, 5) is 93.0. The van der Waals surface area contributed by atoms with Gasteiger partial charge in [0.25, 0.3) is 0 Å². The fraction of sp³-hybridized carbons (Fsp3) is 0.486. The summed E-state index contributed by atoms with van der Waals surface area (Å²) in [5.74, 6) is -6.11. The van der Waals surface area contributed by atoms with E-state index in [0.29, 0.717) is 17.5 Å². The van der Waals surface area contributed by atoms with Gasteiger partial charge in [0, 0.05) is 19.4 Å². The monoisotopic (exact) mass is 958 g/mol. The molecule has 0 radical (unpaired) electrons. The van der Waals surface area contributed by atoms with Crippen molar-refractivity contribution >= 4 is 62.4 Å². The Hall–Kier alpha value is -3.73. The standard InChI is InChI=1S/C37H50N6O17S2.2Na/c1-22(2)16-29(42-37(51)58-20-25(60-62(55,56)57)21-59-61(52,53)54)36(50)43-15-9-14-30(43)35(49)41-28(18-24-12-7-4-8-13-24)34(48)40-27(17-23-10-5-3-6-11-23)33(47)39-26(32(38)46)19-31(44)45;;/h3-8,10-13,22,25-30H,9,14-21H2,1-2H3,(H2,38,46)(H,39,47)(H,40,48)(H,41,49)(H,42,51)(H,44,45)(H,52,53,54)(H,55,56,57);;/q;2*+1/p-2/t25-,26-,27-,28-,29-,30-;;/m0../s1. The molecule has 0 saturated carbocycles. The van der Waals surface area contributed by atoms with Crippen LogP contribution in [0.4, 0.5) is 4.79 Å².